The number of nitrogens with one attached hydrogen (secondary N) is 1. The maximum atomic E-state index is 5.94. The summed E-state index contributed by atoms with van der Waals surface area (Å²) in [6, 6.07) is 8.37. The van der Waals surface area contributed by atoms with Crippen molar-refractivity contribution in [2.45, 2.75) is 40.0 Å². The number of nitrogens with zero attached hydrogens (tertiary/aromatic N) is 2. The Balaban J connectivity index is 2.34. The van der Waals surface area contributed by atoms with E-state index in [4.69, 9.17) is 5.73 Å². The third kappa shape index (κ3) is 3.07. The molecular formula is C16H22N4. The van der Waals surface area contributed by atoms with Gasteiger partial charge in [-0.1, -0.05) is 32.9 Å². The maximum Gasteiger partial charge on any atom is 0.139 e. The average molecular weight is 270 g/mol. The molecule has 0 spiro atoms. The Morgan fingerprint density at radius 3 is 2.65 bits per heavy atom. The van der Waals surface area contributed by atoms with Crippen molar-refractivity contribution in [2.75, 3.05) is 11.1 Å². The van der Waals surface area contributed by atoms with Crippen LogP contribution in [-0.2, 0) is 6.42 Å². The molecule has 1 aromatic heterocycles. The van der Waals surface area contributed by atoms with Crippen molar-refractivity contribution in [3.8, 4) is 0 Å². The quantitative estimate of drug-likeness (QED) is 0.887. The van der Waals surface area contributed by atoms with E-state index in [-0.39, 0.29) is 0 Å². The summed E-state index contributed by atoms with van der Waals surface area (Å²) in [5.74, 6) is 2.59. The molecule has 3 N–H and O–H groups in total. The molecule has 2 rings (SSSR count). The highest BCUT2D eigenvalue weighted by molar-refractivity contribution is 5.64. The predicted molar refractivity (Wildman–Crippen MR) is 84.4 cm³/mol. The van der Waals surface area contributed by atoms with E-state index in [1.807, 2.05) is 19.9 Å². The van der Waals surface area contributed by atoms with Crippen LogP contribution in [0, 0.1) is 6.92 Å². The number of nitrogens with two attached hydrogens (primary N) is 1. The Hall–Kier alpha value is -2.10. The van der Waals surface area contributed by atoms with Crippen LogP contribution in [0.25, 0.3) is 0 Å². The second kappa shape index (κ2) is 5.90. The smallest absolute Gasteiger partial charge is 0.139 e. The number of benzene rings is 1. The number of nitrogen functional groups attached to an aromatic ring is 1. The molecule has 0 bridgehead atoms. The average Bonchev–Trinajstić information content (AvgIpc) is 2.43. The van der Waals surface area contributed by atoms with Gasteiger partial charge in [0.15, 0.2) is 0 Å². The summed E-state index contributed by atoms with van der Waals surface area (Å²) in [4.78, 5) is 8.79. The van der Waals surface area contributed by atoms with Crippen molar-refractivity contribution < 1.29 is 0 Å². The zero-order chi connectivity index (χ0) is 14.7. The molecule has 0 amide bonds. The number of anilines is 3. The molecule has 20 heavy (non-hydrogen) atoms. The number of hydrogen-bond donors (Lipinski definition) is 2. The Morgan fingerprint density at radius 2 is 2.00 bits per heavy atom. The summed E-state index contributed by atoms with van der Waals surface area (Å²) in [5, 5.41) is 3.35. The molecule has 106 valence electrons. The lowest BCUT2D eigenvalue weighted by molar-refractivity contribution is 0.867. The van der Waals surface area contributed by atoms with Gasteiger partial charge in [-0.05, 0) is 30.5 Å². The molecule has 0 atom stereocenters. The van der Waals surface area contributed by atoms with Gasteiger partial charge in [0.2, 0.25) is 0 Å². The Bertz CT molecular complexity index is 605. The van der Waals surface area contributed by atoms with Crippen molar-refractivity contribution in [3.63, 3.8) is 0 Å². The SMILES string of the molecule is CCc1nc(N)c(C)c(Nc2cccc(C(C)C)c2)n1. The molecule has 0 aliphatic carbocycles. The second-order valence-electron chi connectivity index (χ2n) is 5.26. The number of hydrogen-bond acceptors (Lipinski definition) is 4. The number of rotatable bonds is 4. The molecule has 0 aliphatic rings. The fourth-order valence-electron chi connectivity index (χ4n) is 1.97. The van der Waals surface area contributed by atoms with Crippen LogP contribution in [0.15, 0.2) is 24.3 Å². The van der Waals surface area contributed by atoms with Gasteiger partial charge in [-0.2, -0.15) is 0 Å². The molecule has 0 saturated heterocycles. The third-order valence-corrected chi connectivity index (χ3v) is 3.36. The summed E-state index contributed by atoms with van der Waals surface area (Å²) in [6.07, 6.45) is 0.769. The Morgan fingerprint density at radius 1 is 1.25 bits per heavy atom. The fourth-order valence-corrected chi connectivity index (χ4v) is 1.97. The highest BCUT2D eigenvalue weighted by Gasteiger charge is 2.08. The van der Waals surface area contributed by atoms with E-state index < -0.39 is 0 Å². The molecular weight excluding hydrogens is 248 g/mol. The normalized spacial score (nSPS) is 10.8. The summed E-state index contributed by atoms with van der Waals surface area (Å²) < 4.78 is 0. The van der Waals surface area contributed by atoms with Gasteiger partial charge in [0, 0.05) is 17.7 Å². The van der Waals surface area contributed by atoms with Gasteiger partial charge in [-0.3, -0.25) is 0 Å². The lowest BCUT2D eigenvalue weighted by atomic mass is 10.0. The van der Waals surface area contributed by atoms with Gasteiger partial charge < -0.3 is 11.1 Å². The minimum absolute atomic E-state index is 0.500. The minimum atomic E-state index is 0.500. The van der Waals surface area contributed by atoms with Crippen LogP contribution >= 0.6 is 0 Å². The minimum Gasteiger partial charge on any atom is -0.383 e. The Kier molecular flexibility index (Phi) is 4.23. The summed E-state index contributed by atoms with van der Waals surface area (Å²) >= 11 is 0. The van der Waals surface area contributed by atoms with E-state index in [1.165, 1.54) is 5.56 Å². The standard InChI is InChI=1S/C16H22N4/c1-5-14-19-15(17)11(4)16(20-14)18-13-8-6-7-12(9-13)10(2)3/h6-10H,5H2,1-4H3,(H3,17,18,19,20). The number of aromatic nitrogens is 2. The summed E-state index contributed by atoms with van der Waals surface area (Å²) in [5.41, 5.74) is 9.15. The molecule has 4 heteroatoms. The van der Waals surface area contributed by atoms with E-state index in [0.29, 0.717) is 11.7 Å². The maximum absolute atomic E-state index is 5.94. The molecule has 1 heterocycles. The molecule has 0 radical (unpaired) electrons. The zero-order valence-corrected chi connectivity index (χ0v) is 12.6. The van der Waals surface area contributed by atoms with Gasteiger partial charge in [-0.25, -0.2) is 9.97 Å². The van der Waals surface area contributed by atoms with Crippen molar-refractivity contribution in [1.82, 2.24) is 9.97 Å². The topological polar surface area (TPSA) is 63.8 Å². The van der Waals surface area contributed by atoms with E-state index in [2.05, 4.69) is 47.3 Å². The summed E-state index contributed by atoms with van der Waals surface area (Å²) in [6.45, 7) is 8.32. The lowest BCUT2D eigenvalue weighted by Crippen LogP contribution is -2.06. The molecule has 0 unspecified atom stereocenters. The van der Waals surface area contributed by atoms with Crippen molar-refractivity contribution in [1.29, 1.82) is 0 Å². The van der Waals surface area contributed by atoms with Crippen molar-refractivity contribution in [3.05, 3.63) is 41.2 Å². The monoisotopic (exact) mass is 270 g/mol. The predicted octanol–water partition coefficient (Wildman–Crippen LogP) is 3.80. The van der Waals surface area contributed by atoms with Crippen molar-refractivity contribution >= 4 is 17.3 Å². The molecule has 2 aromatic rings. The van der Waals surface area contributed by atoms with E-state index in [1.54, 1.807) is 0 Å². The van der Waals surface area contributed by atoms with E-state index >= 15 is 0 Å². The van der Waals surface area contributed by atoms with E-state index in [9.17, 15) is 0 Å². The van der Waals surface area contributed by atoms with Gasteiger partial charge in [0.25, 0.3) is 0 Å². The van der Waals surface area contributed by atoms with Gasteiger partial charge in [0.1, 0.15) is 17.5 Å². The number of aryl methyl sites for hydroxylation is 1. The van der Waals surface area contributed by atoms with Crippen LogP contribution in [0.5, 0.6) is 0 Å². The lowest BCUT2D eigenvalue weighted by Gasteiger charge is -2.13. The fraction of sp³-hybridized carbons (Fsp3) is 0.375. The highest BCUT2D eigenvalue weighted by Crippen LogP contribution is 2.24. The van der Waals surface area contributed by atoms with Crippen LogP contribution in [-0.4, -0.2) is 9.97 Å². The first-order valence-electron chi connectivity index (χ1n) is 7.01. The molecule has 1 aromatic carbocycles. The van der Waals surface area contributed by atoms with Crippen LogP contribution in [0.1, 0.15) is 43.6 Å². The molecule has 0 fully saturated rings. The van der Waals surface area contributed by atoms with Crippen LogP contribution < -0.4 is 11.1 Å². The van der Waals surface area contributed by atoms with Crippen LogP contribution in [0.2, 0.25) is 0 Å². The van der Waals surface area contributed by atoms with Gasteiger partial charge in [-0.15, -0.1) is 0 Å². The van der Waals surface area contributed by atoms with Crippen molar-refractivity contribution in [2.24, 2.45) is 0 Å². The Labute approximate surface area is 120 Å². The molecule has 4 nitrogen and oxygen atoms in total. The largest absolute Gasteiger partial charge is 0.383 e. The first-order chi connectivity index (χ1) is 9.51. The second-order valence-corrected chi connectivity index (χ2v) is 5.26. The summed E-state index contributed by atoms with van der Waals surface area (Å²) in [7, 11) is 0. The highest BCUT2D eigenvalue weighted by atomic mass is 15.1. The first kappa shape index (κ1) is 14.3. The van der Waals surface area contributed by atoms with Gasteiger partial charge >= 0.3 is 0 Å². The van der Waals surface area contributed by atoms with Crippen LogP contribution in [0.3, 0.4) is 0 Å². The zero-order valence-electron chi connectivity index (χ0n) is 12.6. The molecule has 0 aliphatic heterocycles. The van der Waals surface area contributed by atoms with E-state index in [0.717, 1.165) is 29.3 Å². The van der Waals surface area contributed by atoms with Gasteiger partial charge in [0.05, 0.1) is 0 Å². The molecule has 0 saturated carbocycles. The van der Waals surface area contributed by atoms with Crippen LogP contribution in [0.4, 0.5) is 17.3 Å². The third-order valence-electron chi connectivity index (χ3n) is 3.36. The first-order valence-corrected chi connectivity index (χ1v) is 7.01.